The van der Waals surface area contributed by atoms with Crippen LogP contribution in [0.25, 0.3) is 6.08 Å². The van der Waals surface area contributed by atoms with Gasteiger partial charge in [-0.15, -0.1) is 11.3 Å². The van der Waals surface area contributed by atoms with Gasteiger partial charge in [-0.25, -0.2) is 4.98 Å². The molecule has 0 saturated heterocycles. The fourth-order valence-electron chi connectivity index (χ4n) is 3.25. The molecule has 0 aliphatic carbocycles. The Labute approximate surface area is 187 Å². The summed E-state index contributed by atoms with van der Waals surface area (Å²) in [7, 11) is 0. The van der Waals surface area contributed by atoms with Crippen LogP contribution in [0.1, 0.15) is 34.3 Å². The number of rotatable bonds is 6. The van der Waals surface area contributed by atoms with Crippen molar-refractivity contribution in [1.82, 2.24) is 10.3 Å². The molecule has 0 fully saturated rings. The van der Waals surface area contributed by atoms with Gasteiger partial charge in [0.15, 0.2) is 0 Å². The molecule has 3 aromatic rings. The van der Waals surface area contributed by atoms with E-state index in [-0.39, 0.29) is 11.9 Å². The minimum atomic E-state index is -0.142. The highest BCUT2D eigenvalue weighted by Gasteiger charge is 2.22. The molecule has 5 nitrogen and oxygen atoms in total. The third kappa shape index (κ3) is 5.29. The topological polar surface area (TPSA) is 60.5 Å². The van der Waals surface area contributed by atoms with E-state index in [9.17, 15) is 4.79 Å². The Morgan fingerprint density at radius 1 is 1.37 bits per heavy atom. The second kappa shape index (κ2) is 9.45. The van der Waals surface area contributed by atoms with Crippen LogP contribution in [0.2, 0.25) is 0 Å². The van der Waals surface area contributed by atoms with Crippen LogP contribution >= 0.6 is 27.3 Å². The fourth-order valence-corrected chi connectivity index (χ4v) is 4.22. The molecule has 1 aliphatic heterocycles. The van der Waals surface area contributed by atoms with Crippen molar-refractivity contribution in [2.75, 3.05) is 6.61 Å². The maximum atomic E-state index is 12.5. The van der Waals surface area contributed by atoms with Crippen LogP contribution in [-0.2, 0) is 11.4 Å². The van der Waals surface area contributed by atoms with Crippen LogP contribution in [-0.4, -0.2) is 17.5 Å². The van der Waals surface area contributed by atoms with Crippen molar-refractivity contribution in [3.63, 3.8) is 0 Å². The summed E-state index contributed by atoms with van der Waals surface area (Å²) in [6.07, 6.45) is 4.08. The number of aryl methyl sites for hydroxylation is 1. The number of thiazole rings is 1. The van der Waals surface area contributed by atoms with E-state index in [1.807, 2.05) is 54.8 Å². The molecule has 1 atom stereocenters. The van der Waals surface area contributed by atoms with Crippen molar-refractivity contribution in [3.05, 3.63) is 80.2 Å². The van der Waals surface area contributed by atoms with Crippen molar-refractivity contribution in [2.45, 2.75) is 26.0 Å². The number of nitrogens with one attached hydrogen (secondary N) is 1. The van der Waals surface area contributed by atoms with Gasteiger partial charge in [0.25, 0.3) is 0 Å². The van der Waals surface area contributed by atoms with E-state index in [1.54, 1.807) is 23.5 Å². The molecule has 4 rings (SSSR count). The summed E-state index contributed by atoms with van der Waals surface area (Å²) < 4.78 is 12.5. The van der Waals surface area contributed by atoms with Crippen LogP contribution in [0.3, 0.4) is 0 Å². The Balaban J connectivity index is 1.37. The average Bonchev–Trinajstić information content (AvgIpc) is 3.17. The number of carbonyl (C=O) groups excluding carboxylic acids is 1. The van der Waals surface area contributed by atoms with Crippen LogP contribution in [0.4, 0.5) is 0 Å². The standard InChI is InChI=1S/C23H21BrN2O3S/c1-15-25-18(14-30-15)13-29-19-4-2-3-16(11-19)5-8-23(27)26-21-9-10-28-22-7-6-17(24)12-20(21)22/h2-8,11-12,14,21H,9-10,13H2,1H3,(H,26,27)/b8-5+. The van der Waals surface area contributed by atoms with Crippen LogP contribution in [0, 0.1) is 6.92 Å². The number of carbonyl (C=O) groups is 1. The van der Waals surface area contributed by atoms with Gasteiger partial charge in [-0.05, 0) is 48.9 Å². The van der Waals surface area contributed by atoms with Gasteiger partial charge in [0.05, 0.1) is 23.4 Å². The lowest BCUT2D eigenvalue weighted by atomic mass is 10.0. The first-order valence-corrected chi connectivity index (χ1v) is 11.3. The van der Waals surface area contributed by atoms with Gasteiger partial charge in [-0.1, -0.05) is 28.1 Å². The summed E-state index contributed by atoms with van der Waals surface area (Å²) in [5.41, 5.74) is 2.80. The zero-order valence-corrected chi connectivity index (χ0v) is 18.8. The number of amides is 1. The largest absolute Gasteiger partial charge is 0.493 e. The fraction of sp³-hybridized carbons (Fsp3) is 0.217. The lowest BCUT2D eigenvalue weighted by Gasteiger charge is -2.26. The van der Waals surface area contributed by atoms with E-state index in [2.05, 4.69) is 26.2 Å². The predicted octanol–water partition coefficient (Wildman–Crippen LogP) is 5.45. The first-order valence-electron chi connectivity index (χ1n) is 9.61. The minimum absolute atomic E-state index is 0.0698. The summed E-state index contributed by atoms with van der Waals surface area (Å²) in [4.78, 5) is 16.9. The van der Waals surface area contributed by atoms with Crippen molar-refractivity contribution < 1.29 is 14.3 Å². The maximum absolute atomic E-state index is 12.5. The van der Waals surface area contributed by atoms with E-state index >= 15 is 0 Å². The highest BCUT2D eigenvalue weighted by atomic mass is 79.9. The molecule has 30 heavy (non-hydrogen) atoms. The summed E-state index contributed by atoms with van der Waals surface area (Å²) in [6, 6.07) is 13.4. The highest BCUT2D eigenvalue weighted by molar-refractivity contribution is 9.10. The quantitative estimate of drug-likeness (QED) is 0.472. The summed E-state index contributed by atoms with van der Waals surface area (Å²) in [5.74, 6) is 1.42. The molecule has 0 radical (unpaired) electrons. The van der Waals surface area contributed by atoms with E-state index in [0.29, 0.717) is 13.2 Å². The lowest BCUT2D eigenvalue weighted by Crippen LogP contribution is -2.31. The first kappa shape index (κ1) is 20.6. The number of aromatic nitrogens is 1. The summed E-state index contributed by atoms with van der Waals surface area (Å²) >= 11 is 5.09. The Morgan fingerprint density at radius 3 is 3.10 bits per heavy atom. The molecular formula is C23H21BrN2O3S. The molecule has 154 valence electrons. The molecule has 0 bridgehead atoms. The van der Waals surface area contributed by atoms with Gasteiger partial charge in [-0.3, -0.25) is 4.79 Å². The molecule has 0 spiro atoms. The number of hydrogen-bond donors (Lipinski definition) is 1. The lowest BCUT2D eigenvalue weighted by molar-refractivity contribution is -0.117. The van der Waals surface area contributed by atoms with Crippen molar-refractivity contribution in [2.24, 2.45) is 0 Å². The molecule has 1 aromatic heterocycles. The first-order chi connectivity index (χ1) is 14.6. The Kier molecular flexibility index (Phi) is 6.50. The van der Waals surface area contributed by atoms with E-state index in [0.717, 1.165) is 44.2 Å². The maximum Gasteiger partial charge on any atom is 0.244 e. The molecular weight excluding hydrogens is 464 g/mol. The average molecular weight is 485 g/mol. The van der Waals surface area contributed by atoms with Gasteiger partial charge >= 0.3 is 0 Å². The van der Waals surface area contributed by atoms with Gasteiger partial charge in [-0.2, -0.15) is 0 Å². The second-order valence-electron chi connectivity index (χ2n) is 6.93. The Morgan fingerprint density at radius 2 is 2.27 bits per heavy atom. The van der Waals surface area contributed by atoms with Gasteiger partial charge in [0.2, 0.25) is 5.91 Å². The molecule has 2 aromatic carbocycles. The number of ether oxygens (including phenoxy) is 2. The van der Waals surface area contributed by atoms with E-state index in [4.69, 9.17) is 9.47 Å². The zero-order valence-electron chi connectivity index (χ0n) is 16.4. The van der Waals surface area contributed by atoms with Crippen LogP contribution in [0.15, 0.2) is 58.4 Å². The number of benzene rings is 2. The monoisotopic (exact) mass is 484 g/mol. The van der Waals surface area contributed by atoms with Crippen molar-refractivity contribution in [3.8, 4) is 11.5 Å². The summed E-state index contributed by atoms with van der Waals surface area (Å²) in [5, 5.41) is 6.09. The Bertz CT molecular complexity index is 1080. The van der Waals surface area contributed by atoms with E-state index < -0.39 is 0 Å². The second-order valence-corrected chi connectivity index (χ2v) is 8.91. The van der Waals surface area contributed by atoms with Gasteiger partial charge < -0.3 is 14.8 Å². The van der Waals surface area contributed by atoms with Crippen molar-refractivity contribution >= 4 is 39.2 Å². The molecule has 2 heterocycles. The summed E-state index contributed by atoms with van der Waals surface area (Å²) in [6.45, 7) is 2.99. The van der Waals surface area contributed by atoms with Gasteiger partial charge in [0.1, 0.15) is 18.1 Å². The van der Waals surface area contributed by atoms with E-state index in [1.165, 1.54) is 0 Å². The molecule has 1 unspecified atom stereocenters. The third-order valence-corrected chi connectivity index (χ3v) is 5.98. The molecule has 7 heteroatoms. The number of hydrogen-bond acceptors (Lipinski definition) is 5. The third-order valence-electron chi connectivity index (χ3n) is 4.67. The SMILES string of the molecule is Cc1nc(COc2cccc(/C=C/C(=O)NC3CCOc4ccc(Br)cc43)c2)cs1. The number of fused-ring (bicyclic) bond motifs is 1. The zero-order chi connectivity index (χ0) is 20.9. The number of halogens is 1. The van der Waals surface area contributed by atoms with Crippen LogP contribution < -0.4 is 14.8 Å². The Hall–Kier alpha value is -2.64. The van der Waals surface area contributed by atoms with Crippen molar-refractivity contribution in [1.29, 1.82) is 0 Å². The minimum Gasteiger partial charge on any atom is -0.493 e. The molecule has 1 amide bonds. The molecule has 1 aliphatic rings. The smallest absolute Gasteiger partial charge is 0.244 e. The van der Waals surface area contributed by atoms with Crippen LogP contribution in [0.5, 0.6) is 11.5 Å². The predicted molar refractivity (Wildman–Crippen MR) is 122 cm³/mol. The molecule has 1 N–H and O–H groups in total. The normalized spacial score (nSPS) is 15.5. The molecule has 0 saturated carbocycles. The van der Waals surface area contributed by atoms with Gasteiger partial charge in [0, 0.05) is 27.9 Å². The highest BCUT2D eigenvalue weighted by Crippen LogP contribution is 2.34. The number of nitrogens with zero attached hydrogens (tertiary/aromatic N) is 1.